The van der Waals surface area contributed by atoms with Crippen LogP contribution in [0, 0.1) is 17.8 Å². The van der Waals surface area contributed by atoms with Crippen molar-refractivity contribution in [3.05, 3.63) is 48.6 Å². The second kappa shape index (κ2) is 10.8. The van der Waals surface area contributed by atoms with Crippen molar-refractivity contribution in [1.82, 2.24) is 4.90 Å². The summed E-state index contributed by atoms with van der Waals surface area (Å²) >= 11 is 0. The number of hydrogen-bond acceptors (Lipinski definition) is 7. The molecule has 7 atom stereocenters. The summed E-state index contributed by atoms with van der Waals surface area (Å²) in [5.74, 6) is -3.01. The van der Waals surface area contributed by atoms with Crippen LogP contribution >= 0.6 is 0 Å². The Morgan fingerprint density at radius 3 is 2.44 bits per heavy atom. The first kappa shape index (κ1) is 27.4. The lowest BCUT2D eigenvalue weighted by atomic mass is 9.78. The first-order valence-corrected chi connectivity index (χ1v) is 14.1. The summed E-state index contributed by atoms with van der Waals surface area (Å²) in [7, 11) is 0. The van der Waals surface area contributed by atoms with Crippen LogP contribution < -0.4 is 9.80 Å². The van der Waals surface area contributed by atoms with Gasteiger partial charge in [-0.3, -0.25) is 14.4 Å². The number of hydrogen-bond donors (Lipinski definition) is 1. The molecule has 1 unspecified atom stereocenters. The molecule has 2 saturated heterocycles. The number of anilines is 2. The van der Waals surface area contributed by atoms with Gasteiger partial charge in [0.15, 0.2) is 0 Å². The summed E-state index contributed by atoms with van der Waals surface area (Å²) < 4.78 is 12.0. The number of carbonyl (C=O) groups excluding carboxylic acids is 3. The minimum Gasteiger partial charge on any atom is -0.461 e. The van der Waals surface area contributed by atoms with Gasteiger partial charge in [-0.05, 0) is 50.1 Å². The number of likely N-dealkylation sites (tertiary alicyclic amines) is 1. The van der Waals surface area contributed by atoms with E-state index in [1.54, 1.807) is 17.1 Å². The largest absolute Gasteiger partial charge is 0.461 e. The minimum atomic E-state index is -1.35. The maximum atomic E-state index is 14.5. The summed E-state index contributed by atoms with van der Waals surface area (Å²) in [5, 5.41) is 10.5. The highest BCUT2D eigenvalue weighted by Crippen LogP contribution is 2.54. The van der Waals surface area contributed by atoms with E-state index in [-0.39, 0.29) is 30.9 Å². The monoisotopic (exact) mass is 537 g/mol. The number of carbonyl (C=O) groups is 3. The molecule has 1 spiro atoms. The van der Waals surface area contributed by atoms with Gasteiger partial charge in [-0.2, -0.15) is 0 Å². The fraction of sp³-hybridized carbons (Fsp3) is 0.567. The third-order valence-corrected chi connectivity index (χ3v) is 8.99. The molecule has 2 amide bonds. The van der Waals surface area contributed by atoms with Crippen LogP contribution in [0.25, 0.3) is 0 Å². The van der Waals surface area contributed by atoms with Crippen LogP contribution in [0.3, 0.4) is 0 Å². The van der Waals surface area contributed by atoms with Gasteiger partial charge in [0, 0.05) is 31.0 Å². The number of cyclic esters (lactones) is 1. The van der Waals surface area contributed by atoms with E-state index in [9.17, 15) is 19.5 Å². The summed E-state index contributed by atoms with van der Waals surface area (Å²) in [5.41, 5.74) is 0.433. The maximum Gasteiger partial charge on any atom is 0.313 e. The number of benzene rings is 1. The van der Waals surface area contributed by atoms with Gasteiger partial charge >= 0.3 is 5.97 Å². The van der Waals surface area contributed by atoms with E-state index in [0.29, 0.717) is 18.7 Å². The van der Waals surface area contributed by atoms with Crippen molar-refractivity contribution in [1.29, 1.82) is 0 Å². The van der Waals surface area contributed by atoms with Crippen LogP contribution in [0.4, 0.5) is 11.4 Å². The van der Waals surface area contributed by atoms with Gasteiger partial charge < -0.3 is 29.3 Å². The number of esters is 1. The van der Waals surface area contributed by atoms with Gasteiger partial charge in [-0.15, -0.1) is 0 Å². The molecule has 4 aliphatic rings. The highest BCUT2D eigenvalue weighted by Gasteiger charge is 2.72. The third kappa shape index (κ3) is 4.26. The van der Waals surface area contributed by atoms with E-state index in [2.05, 4.69) is 18.7 Å². The maximum absolute atomic E-state index is 14.5. The van der Waals surface area contributed by atoms with Crippen molar-refractivity contribution in [2.24, 2.45) is 17.8 Å². The Kier molecular flexibility index (Phi) is 7.57. The molecule has 9 heteroatoms. The molecule has 5 rings (SSSR count). The number of aliphatic hydroxyl groups is 1. The van der Waals surface area contributed by atoms with Gasteiger partial charge in [0.1, 0.15) is 24.2 Å². The van der Waals surface area contributed by atoms with Crippen LogP contribution in [-0.2, 0) is 23.9 Å². The molecule has 0 aromatic heterocycles. The predicted molar refractivity (Wildman–Crippen MR) is 147 cm³/mol. The molecule has 0 bridgehead atoms. The zero-order valence-corrected chi connectivity index (χ0v) is 23.2. The van der Waals surface area contributed by atoms with Gasteiger partial charge in [0.25, 0.3) is 5.91 Å². The number of ether oxygens (including phenoxy) is 2. The molecule has 9 nitrogen and oxygen atoms in total. The lowest BCUT2D eigenvalue weighted by molar-refractivity contribution is -0.154. The Bertz CT molecular complexity index is 1160. The van der Waals surface area contributed by atoms with Crippen LogP contribution in [-0.4, -0.2) is 84.4 Å². The van der Waals surface area contributed by atoms with Crippen molar-refractivity contribution >= 4 is 29.2 Å². The van der Waals surface area contributed by atoms with Crippen molar-refractivity contribution in [3.63, 3.8) is 0 Å². The van der Waals surface area contributed by atoms with E-state index in [0.717, 1.165) is 18.8 Å². The number of amides is 2. The van der Waals surface area contributed by atoms with Crippen molar-refractivity contribution in [2.45, 2.75) is 57.9 Å². The first-order valence-electron chi connectivity index (χ1n) is 14.1. The van der Waals surface area contributed by atoms with Crippen LogP contribution in [0.5, 0.6) is 0 Å². The predicted octanol–water partition coefficient (Wildman–Crippen LogP) is 2.54. The van der Waals surface area contributed by atoms with Crippen LogP contribution in [0.2, 0.25) is 0 Å². The molecule has 1 aromatic carbocycles. The SMILES string of the molecule is CC[C@H](C)[C@H](CO)N1C(=O)[C@@H]2[C@H]3C(=O)OCC=C[C@H]3O[C@@]23C=CCN(c2ccc(N(CC)CC)cc2)C(=O)C13. The molecule has 4 heterocycles. The second-order valence-electron chi connectivity index (χ2n) is 10.8. The van der Waals surface area contributed by atoms with Crippen LogP contribution in [0.1, 0.15) is 34.1 Å². The number of rotatable bonds is 8. The van der Waals surface area contributed by atoms with Gasteiger partial charge in [-0.1, -0.05) is 38.5 Å². The lowest BCUT2D eigenvalue weighted by Crippen LogP contribution is -2.59. The fourth-order valence-electron chi connectivity index (χ4n) is 6.74. The quantitative estimate of drug-likeness (QED) is 0.402. The second-order valence-corrected chi connectivity index (χ2v) is 10.8. The summed E-state index contributed by atoms with van der Waals surface area (Å²) in [4.78, 5) is 47.3. The average molecular weight is 538 g/mol. The average Bonchev–Trinajstić information content (AvgIpc) is 3.24. The summed E-state index contributed by atoms with van der Waals surface area (Å²) in [6.45, 7) is 10.0. The first-order chi connectivity index (χ1) is 18.8. The minimum absolute atomic E-state index is 0.0755. The van der Waals surface area contributed by atoms with Crippen molar-refractivity contribution in [3.8, 4) is 0 Å². The Morgan fingerprint density at radius 2 is 1.79 bits per heavy atom. The normalized spacial score (nSPS) is 31.3. The zero-order valence-electron chi connectivity index (χ0n) is 23.2. The highest BCUT2D eigenvalue weighted by atomic mass is 16.6. The fourth-order valence-corrected chi connectivity index (χ4v) is 6.74. The molecular formula is C30H39N3O6. The van der Waals surface area contributed by atoms with Crippen molar-refractivity contribution in [2.75, 3.05) is 42.6 Å². The molecule has 4 aliphatic heterocycles. The van der Waals surface area contributed by atoms with E-state index in [4.69, 9.17) is 9.47 Å². The smallest absolute Gasteiger partial charge is 0.313 e. The Hall–Kier alpha value is -3.17. The molecule has 39 heavy (non-hydrogen) atoms. The number of nitrogens with zero attached hydrogens (tertiary/aromatic N) is 3. The standard InChI is InChI=1S/C30H39N3O6/c1-5-19(4)22(18-34)33-26-28(36)32(21-13-11-20(12-14-21)31(6-2)7-3)16-9-15-30(26)25(27(33)35)24-23(39-30)10-8-17-38-29(24)37/h8-15,19,22-26,34H,5-7,16-18H2,1-4H3/t19-,22-,23+,24-,25-,26?,30-/m0/s1. The third-order valence-electron chi connectivity index (χ3n) is 8.99. The van der Waals surface area contributed by atoms with Crippen LogP contribution in [0.15, 0.2) is 48.6 Å². The van der Waals surface area contributed by atoms with Gasteiger partial charge in [0.05, 0.1) is 24.7 Å². The Balaban J connectivity index is 1.60. The number of aliphatic hydroxyl groups excluding tert-OH is 1. The van der Waals surface area contributed by atoms with Gasteiger partial charge in [-0.25, -0.2) is 0 Å². The molecule has 1 aromatic rings. The summed E-state index contributed by atoms with van der Waals surface area (Å²) in [6.07, 6.45) is 7.19. The van der Waals surface area contributed by atoms with E-state index >= 15 is 0 Å². The van der Waals surface area contributed by atoms with E-state index in [1.807, 2.05) is 50.3 Å². The molecular weight excluding hydrogens is 498 g/mol. The number of fused-ring (bicyclic) bond motifs is 2. The topological polar surface area (TPSA) is 99.6 Å². The molecule has 1 N–H and O–H groups in total. The molecule has 0 radical (unpaired) electrons. The van der Waals surface area contributed by atoms with E-state index < -0.39 is 41.6 Å². The molecule has 210 valence electrons. The lowest BCUT2D eigenvalue weighted by Gasteiger charge is -2.40. The van der Waals surface area contributed by atoms with E-state index in [1.165, 1.54) is 4.90 Å². The van der Waals surface area contributed by atoms with Gasteiger partial charge in [0.2, 0.25) is 5.91 Å². The molecule has 0 aliphatic carbocycles. The zero-order chi connectivity index (χ0) is 27.9. The Morgan fingerprint density at radius 1 is 1.08 bits per heavy atom. The summed E-state index contributed by atoms with van der Waals surface area (Å²) in [6, 6.07) is 6.22. The van der Waals surface area contributed by atoms with Crippen molar-refractivity contribution < 1.29 is 29.0 Å². The Labute approximate surface area is 230 Å². The highest BCUT2D eigenvalue weighted by molar-refractivity contribution is 6.05. The molecule has 2 fully saturated rings. The molecule has 0 saturated carbocycles.